The minimum absolute atomic E-state index is 0.193. The normalized spacial score (nSPS) is 15.6. The van der Waals surface area contributed by atoms with E-state index in [0.717, 1.165) is 30.4 Å². The number of carbonyl (C=O) groups is 1. The summed E-state index contributed by atoms with van der Waals surface area (Å²) in [6.45, 7) is 4.19. The van der Waals surface area contributed by atoms with Crippen molar-refractivity contribution in [3.8, 4) is 11.3 Å². The molecule has 1 aliphatic rings. The highest BCUT2D eigenvalue weighted by atomic mass is 16.1. The number of nitrogens with one attached hydrogen (secondary N) is 1. The fourth-order valence-electron chi connectivity index (χ4n) is 3.08. The van der Waals surface area contributed by atoms with Crippen molar-refractivity contribution < 1.29 is 4.79 Å². The number of hydrogen-bond acceptors (Lipinski definition) is 5. The van der Waals surface area contributed by atoms with Crippen LogP contribution in [0.15, 0.2) is 73.0 Å². The van der Waals surface area contributed by atoms with Crippen LogP contribution in [0.3, 0.4) is 0 Å². The maximum absolute atomic E-state index is 11.3. The van der Waals surface area contributed by atoms with Crippen LogP contribution in [0.25, 0.3) is 11.3 Å². The number of carbonyl (C=O) groups excluding carboxylic acids is 1. The SMILES string of the molecule is C=C(/C=C\C=C/N)C1(Nc2ccc(-c3cccc(C(N)=O)c3)nn2)CCC1. The first kappa shape index (κ1) is 18.4. The van der Waals surface area contributed by atoms with E-state index >= 15 is 0 Å². The van der Waals surface area contributed by atoms with Crippen molar-refractivity contribution in [2.45, 2.75) is 24.8 Å². The number of aromatic nitrogens is 2. The van der Waals surface area contributed by atoms with Crippen molar-refractivity contribution in [1.29, 1.82) is 0 Å². The van der Waals surface area contributed by atoms with Crippen molar-refractivity contribution in [1.82, 2.24) is 10.2 Å². The van der Waals surface area contributed by atoms with E-state index in [0.29, 0.717) is 17.1 Å². The summed E-state index contributed by atoms with van der Waals surface area (Å²) in [4.78, 5) is 11.3. The van der Waals surface area contributed by atoms with Crippen LogP contribution in [0.2, 0.25) is 0 Å². The molecule has 0 saturated heterocycles. The molecule has 6 nitrogen and oxygen atoms in total. The first-order valence-corrected chi connectivity index (χ1v) is 8.80. The molecule has 0 bridgehead atoms. The van der Waals surface area contributed by atoms with E-state index < -0.39 is 5.91 Å². The fraction of sp³-hybridized carbons (Fsp3) is 0.190. The van der Waals surface area contributed by atoms with E-state index in [2.05, 4.69) is 22.1 Å². The van der Waals surface area contributed by atoms with Crippen molar-refractivity contribution in [2.75, 3.05) is 5.32 Å². The van der Waals surface area contributed by atoms with Crippen LogP contribution in [0.5, 0.6) is 0 Å². The fourth-order valence-corrected chi connectivity index (χ4v) is 3.08. The Morgan fingerprint density at radius 1 is 1.19 bits per heavy atom. The molecule has 1 aliphatic carbocycles. The van der Waals surface area contributed by atoms with Gasteiger partial charge >= 0.3 is 0 Å². The van der Waals surface area contributed by atoms with E-state index in [9.17, 15) is 4.79 Å². The zero-order valence-corrected chi connectivity index (χ0v) is 15.1. The van der Waals surface area contributed by atoms with Gasteiger partial charge in [-0.25, -0.2) is 0 Å². The molecule has 1 aromatic heterocycles. The van der Waals surface area contributed by atoms with E-state index in [1.54, 1.807) is 24.3 Å². The number of nitrogens with zero attached hydrogens (tertiary/aromatic N) is 2. The monoisotopic (exact) mass is 361 g/mol. The third kappa shape index (κ3) is 4.06. The molecule has 1 aromatic carbocycles. The minimum Gasteiger partial charge on any atom is -0.405 e. The number of nitrogens with two attached hydrogens (primary N) is 2. The van der Waals surface area contributed by atoms with Gasteiger partial charge in [0.05, 0.1) is 11.2 Å². The Morgan fingerprint density at radius 3 is 2.59 bits per heavy atom. The molecule has 5 N–H and O–H groups in total. The summed E-state index contributed by atoms with van der Waals surface area (Å²) in [7, 11) is 0. The average Bonchev–Trinajstić information content (AvgIpc) is 2.65. The summed E-state index contributed by atoms with van der Waals surface area (Å²) in [6.07, 6.45) is 10.2. The van der Waals surface area contributed by atoms with Gasteiger partial charge in [-0.2, -0.15) is 0 Å². The Labute approximate surface area is 158 Å². The number of benzene rings is 1. The predicted octanol–water partition coefficient (Wildman–Crippen LogP) is 3.16. The van der Waals surface area contributed by atoms with Crippen molar-refractivity contribution >= 4 is 11.7 Å². The molecule has 0 unspecified atom stereocenters. The topological polar surface area (TPSA) is 107 Å². The molecule has 0 spiro atoms. The molecule has 3 rings (SSSR count). The molecule has 0 atom stereocenters. The summed E-state index contributed by atoms with van der Waals surface area (Å²) in [5.41, 5.74) is 13.4. The first-order valence-electron chi connectivity index (χ1n) is 8.80. The molecule has 1 saturated carbocycles. The van der Waals surface area contributed by atoms with Gasteiger partial charge in [-0.3, -0.25) is 4.79 Å². The molecule has 138 valence electrons. The van der Waals surface area contributed by atoms with Crippen LogP contribution < -0.4 is 16.8 Å². The standard InChI is InChI=1S/C21H23N5O/c1-15(6-2-3-13-22)21(11-5-12-21)24-19-10-9-18(25-26-19)16-7-4-8-17(14-16)20(23)27/h2-4,6-10,13-14H,1,5,11-12,22H2,(H2,23,27)(H,24,26)/b6-2-,13-3-. The number of anilines is 1. The van der Waals surface area contributed by atoms with Crippen molar-refractivity contribution in [3.63, 3.8) is 0 Å². The minimum atomic E-state index is -0.467. The van der Waals surface area contributed by atoms with E-state index in [1.807, 2.05) is 30.4 Å². The molecule has 6 heteroatoms. The number of hydrogen-bond donors (Lipinski definition) is 3. The Morgan fingerprint density at radius 2 is 2.00 bits per heavy atom. The van der Waals surface area contributed by atoms with Gasteiger partial charge in [0.2, 0.25) is 5.91 Å². The quantitative estimate of drug-likeness (QED) is 0.657. The lowest BCUT2D eigenvalue weighted by Crippen LogP contribution is -2.46. The Hall–Kier alpha value is -3.41. The van der Waals surface area contributed by atoms with Crippen molar-refractivity contribution in [3.05, 3.63) is 78.5 Å². The first-order chi connectivity index (χ1) is 13.0. The molecule has 0 aliphatic heterocycles. The predicted molar refractivity (Wildman–Crippen MR) is 108 cm³/mol. The van der Waals surface area contributed by atoms with Gasteiger partial charge in [0.1, 0.15) is 5.82 Å². The van der Waals surface area contributed by atoms with E-state index in [4.69, 9.17) is 11.5 Å². The van der Waals surface area contributed by atoms with Gasteiger partial charge < -0.3 is 16.8 Å². The Kier molecular flexibility index (Phi) is 5.35. The van der Waals surface area contributed by atoms with Crippen molar-refractivity contribution in [2.24, 2.45) is 11.5 Å². The molecule has 0 radical (unpaired) electrons. The number of rotatable bonds is 7. The van der Waals surface area contributed by atoms with Crippen LogP contribution in [0.1, 0.15) is 29.6 Å². The zero-order chi connectivity index (χ0) is 19.3. The maximum atomic E-state index is 11.3. The van der Waals surface area contributed by atoms with Gasteiger partial charge in [0.25, 0.3) is 0 Å². The van der Waals surface area contributed by atoms with Crippen LogP contribution in [-0.4, -0.2) is 21.6 Å². The lowest BCUT2D eigenvalue weighted by atomic mass is 9.71. The average molecular weight is 361 g/mol. The van der Waals surface area contributed by atoms with Gasteiger partial charge in [-0.05, 0) is 61.4 Å². The Bertz CT molecular complexity index is 895. The molecule has 27 heavy (non-hydrogen) atoms. The summed E-state index contributed by atoms with van der Waals surface area (Å²) < 4.78 is 0. The van der Waals surface area contributed by atoms with Gasteiger partial charge in [-0.15, -0.1) is 10.2 Å². The smallest absolute Gasteiger partial charge is 0.248 e. The number of amides is 1. The molecule has 2 aromatic rings. The molecule has 1 fully saturated rings. The van der Waals surface area contributed by atoms with Crippen LogP contribution in [0.4, 0.5) is 5.82 Å². The second-order valence-electron chi connectivity index (χ2n) is 6.58. The van der Waals surface area contributed by atoms with E-state index in [-0.39, 0.29) is 5.54 Å². The zero-order valence-electron chi connectivity index (χ0n) is 15.1. The van der Waals surface area contributed by atoms with Gasteiger partial charge in [0.15, 0.2) is 0 Å². The highest BCUT2D eigenvalue weighted by molar-refractivity contribution is 5.93. The molecular formula is C21H23N5O. The highest BCUT2D eigenvalue weighted by Crippen LogP contribution is 2.40. The van der Waals surface area contributed by atoms with Crippen LogP contribution in [-0.2, 0) is 0 Å². The largest absolute Gasteiger partial charge is 0.405 e. The Balaban J connectivity index is 1.76. The van der Waals surface area contributed by atoms with Gasteiger partial charge in [-0.1, -0.05) is 30.9 Å². The summed E-state index contributed by atoms with van der Waals surface area (Å²) in [6, 6.07) is 10.8. The summed E-state index contributed by atoms with van der Waals surface area (Å²) >= 11 is 0. The third-order valence-electron chi connectivity index (χ3n) is 4.82. The second kappa shape index (κ2) is 7.86. The third-order valence-corrected chi connectivity index (χ3v) is 4.82. The van der Waals surface area contributed by atoms with E-state index in [1.165, 1.54) is 6.20 Å². The summed E-state index contributed by atoms with van der Waals surface area (Å²) in [5, 5.41) is 12.1. The second-order valence-corrected chi connectivity index (χ2v) is 6.58. The molecule has 1 heterocycles. The van der Waals surface area contributed by atoms with Crippen LogP contribution >= 0.6 is 0 Å². The lowest BCUT2D eigenvalue weighted by molar-refractivity contribution is 0.100. The molecule has 1 amide bonds. The van der Waals surface area contributed by atoms with Gasteiger partial charge in [0, 0.05) is 11.1 Å². The maximum Gasteiger partial charge on any atom is 0.248 e. The van der Waals surface area contributed by atoms with Crippen LogP contribution in [0, 0.1) is 0 Å². The molecular weight excluding hydrogens is 338 g/mol. The summed E-state index contributed by atoms with van der Waals surface area (Å²) in [5.74, 6) is 0.222. The number of allylic oxidation sites excluding steroid dienone is 2. The number of primary amides is 1. The highest BCUT2D eigenvalue weighted by Gasteiger charge is 2.38. The lowest BCUT2D eigenvalue weighted by Gasteiger charge is -2.43.